The first-order valence-corrected chi connectivity index (χ1v) is 4.81. The molecule has 0 aromatic carbocycles. The maximum atomic E-state index is 12.5. The van der Waals surface area contributed by atoms with E-state index in [1.165, 1.54) is 10.5 Å². The van der Waals surface area contributed by atoms with Gasteiger partial charge in [0, 0.05) is 24.5 Å². The quantitative estimate of drug-likeness (QED) is 0.747. The summed E-state index contributed by atoms with van der Waals surface area (Å²) in [5.41, 5.74) is 0.897. The van der Waals surface area contributed by atoms with Crippen LogP contribution in [-0.2, 0) is 13.2 Å². The Labute approximate surface area is 86.0 Å². The zero-order chi connectivity index (χ0) is 11.0. The number of fused-ring (bicyclic) bond motifs is 1. The Morgan fingerprint density at radius 1 is 1.53 bits per heavy atom. The minimum atomic E-state index is -0.709. The van der Waals surface area contributed by atoms with Crippen molar-refractivity contribution in [2.75, 3.05) is 0 Å². The summed E-state index contributed by atoms with van der Waals surface area (Å²) in [5, 5.41) is 0. The van der Waals surface area contributed by atoms with Gasteiger partial charge in [0.25, 0.3) is 5.56 Å². The minimum Gasteiger partial charge on any atom is -0.314 e. The van der Waals surface area contributed by atoms with E-state index in [4.69, 9.17) is 0 Å². The Morgan fingerprint density at radius 3 is 2.87 bits per heavy atom. The van der Waals surface area contributed by atoms with E-state index in [0.29, 0.717) is 12.3 Å². The average molecular weight is 209 g/mol. The minimum absolute atomic E-state index is 0.188. The Balaban J connectivity index is 2.86. The van der Waals surface area contributed by atoms with Crippen LogP contribution in [0.25, 0.3) is 5.78 Å². The Bertz CT molecular complexity index is 556. The van der Waals surface area contributed by atoms with Crippen LogP contribution in [0.1, 0.15) is 18.3 Å². The molecule has 0 bridgehead atoms. The van der Waals surface area contributed by atoms with Gasteiger partial charge in [0.05, 0.1) is 5.69 Å². The van der Waals surface area contributed by atoms with Crippen LogP contribution in [0.15, 0.2) is 17.1 Å². The number of alkyl halides is 1. The van der Waals surface area contributed by atoms with E-state index >= 15 is 0 Å². The molecular weight excluding hydrogens is 197 g/mol. The lowest BCUT2D eigenvalue weighted by atomic mass is 10.4. The predicted octanol–water partition coefficient (Wildman–Crippen LogP) is 1.29. The zero-order valence-corrected chi connectivity index (χ0v) is 8.70. The first kappa shape index (κ1) is 9.89. The molecule has 0 aliphatic heterocycles. The monoisotopic (exact) mass is 209 g/mol. The van der Waals surface area contributed by atoms with E-state index in [0.717, 1.165) is 5.69 Å². The number of rotatable bonds is 2. The molecule has 0 amide bonds. The molecule has 0 N–H and O–H groups in total. The third kappa shape index (κ3) is 1.44. The summed E-state index contributed by atoms with van der Waals surface area (Å²) < 4.78 is 15.8. The topological polar surface area (TPSA) is 39.3 Å². The van der Waals surface area contributed by atoms with Crippen molar-refractivity contribution < 1.29 is 4.39 Å². The SMILES string of the molecule is CCn1c(C)cn2c(=O)cc(CF)nc12. The van der Waals surface area contributed by atoms with Gasteiger partial charge in [-0.2, -0.15) is 0 Å². The lowest BCUT2D eigenvalue weighted by Crippen LogP contribution is -2.14. The number of hydrogen-bond acceptors (Lipinski definition) is 2. The third-order valence-corrected chi connectivity index (χ3v) is 2.42. The molecule has 0 aliphatic carbocycles. The molecule has 0 saturated heterocycles. The van der Waals surface area contributed by atoms with Crippen molar-refractivity contribution in [2.24, 2.45) is 0 Å². The van der Waals surface area contributed by atoms with Gasteiger partial charge in [-0.05, 0) is 13.8 Å². The normalized spacial score (nSPS) is 11.1. The van der Waals surface area contributed by atoms with Gasteiger partial charge < -0.3 is 4.57 Å². The summed E-state index contributed by atoms with van der Waals surface area (Å²) in [6, 6.07) is 1.23. The predicted molar refractivity (Wildman–Crippen MR) is 54.7 cm³/mol. The van der Waals surface area contributed by atoms with E-state index in [1.807, 2.05) is 18.4 Å². The van der Waals surface area contributed by atoms with Crippen molar-refractivity contribution in [1.29, 1.82) is 0 Å². The highest BCUT2D eigenvalue weighted by Crippen LogP contribution is 2.07. The number of aromatic nitrogens is 3. The molecule has 0 fully saturated rings. The van der Waals surface area contributed by atoms with E-state index in [1.54, 1.807) is 6.20 Å². The van der Waals surface area contributed by atoms with Crippen LogP contribution >= 0.6 is 0 Å². The van der Waals surface area contributed by atoms with Crippen LogP contribution in [0.2, 0.25) is 0 Å². The molecule has 4 nitrogen and oxygen atoms in total. The fraction of sp³-hybridized carbons (Fsp3) is 0.400. The first-order chi connectivity index (χ1) is 7.17. The van der Waals surface area contributed by atoms with Gasteiger partial charge in [0.1, 0.15) is 6.67 Å². The lowest BCUT2D eigenvalue weighted by Gasteiger charge is -2.02. The molecule has 80 valence electrons. The molecule has 0 aliphatic rings. The summed E-state index contributed by atoms with van der Waals surface area (Å²) in [5.74, 6) is 0.509. The zero-order valence-electron chi connectivity index (χ0n) is 8.70. The second-order valence-corrected chi connectivity index (χ2v) is 3.40. The third-order valence-electron chi connectivity index (χ3n) is 2.42. The van der Waals surface area contributed by atoms with Gasteiger partial charge in [-0.25, -0.2) is 9.37 Å². The average Bonchev–Trinajstić information content (AvgIpc) is 2.54. The van der Waals surface area contributed by atoms with Crippen LogP contribution in [0.3, 0.4) is 0 Å². The molecule has 2 rings (SSSR count). The lowest BCUT2D eigenvalue weighted by molar-refractivity contribution is 0.475. The van der Waals surface area contributed by atoms with E-state index in [9.17, 15) is 9.18 Å². The standard InChI is InChI=1S/C10H12FN3O/c1-3-13-7(2)6-14-9(15)4-8(5-11)12-10(13)14/h4,6H,3,5H2,1-2H3. The van der Waals surface area contributed by atoms with Gasteiger partial charge in [-0.15, -0.1) is 0 Å². The molecule has 5 heteroatoms. The van der Waals surface area contributed by atoms with Crippen LogP contribution in [0, 0.1) is 6.92 Å². The van der Waals surface area contributed by atoms with Crippen molar-refractivity contribution in [2.45, 2.75) is 27.1 Å². The van der Waals surface area contributed by atoms with Crippen molar-refractivity contribution in [3.05, 3.63) is 34.0 Å². The van der Waals surface area contributed by atoms with Crippen molar-refractivity contribution in [3.8, 4) is 0 Å². The summed E-state index contributed by atoms with van der Waals surface area (Å²) >= 11 is 0. The van der Waals surface area contributed by atoms with Crippen molar-refractivity contribution in [3.63, 3.8) is 0 Å². The van der Waals surface area contributed by atoms with Crippen LogP contribution in [0.5, 0.6) is 0 Å². The number of nitrogens with zero attached hydrogens (tertiary/aromatic N) is 3. The maximum absolute atomic E-state index is 12.5. The van der Waals surface area contributed by atoms with E-state index in [2.05, 4.69) is 4.98 Å². The number of halogens is 1. The summed E-state index contributed by atoms with van der Waals surface area (Å²) in [6.07, 6.45) is 1.72. The molecule has 0 saturated carbocycles. The molecule has 0 spiro atoms. The molecule has 0 radical (unpaired) electrons. The molecule has 2 aromatic rings. The highest BCUT2D eigenvalue weighted by atomic mass is 19.1. The number of imidazole rings is 1. The Kier molecular flexibility index (Phi) is 2.30. The van der Waals surface area contributed by atoms with Crippen LogP contribution < -0.4 is 5.56 Å². The summed E-state index contributed by atoms with van der Waals surface area (Å²) in [4.78, 5) is 15.7. The van der Waals surface area contributed by atoms with Gasteiger partial charge in [-0.1, -0.05) is 0 Å². The number of aryl methyl sites for hydroxylation is 2. The second kappa shape index (κ2) is 3.49. The molecule has 0 unspecified atom stereocenters. The van der Waals surface area contributed by atoms with Crippen LogP contribution in [0.4, 0.5) is 4.39 Å². The molecular formula is C10H12FN3O. The Hall–Kier alpha value is -1.65. The van der Waals surface area contributed by atoms with Crippen molar-refractivity contribution in [1.82, 2.24) is 14.0 Å². The van der Waals surface area contributed by atoms with Gasteiger partial charge in [0.15, 0.2) is 0 Å². The fourth-order valence-corrected chi connectivity index (χ4v) is 1.71. The Morgan fingerprint density at radius 2 is 2.27 bits per heavy atom. The van der Waals surface area contributed by atoms with E-state index < -0.39 is 6.67 Å². The molecule has 15 heavy (non-hydrogen) atoms. The van der Waals surface area contributed by atoms with Gasteiger partial charge >= 0.3 is 0 Å². The largest absolute Gasteiger partial charge is 0.314 e. The van der Waals surface area contributed by atoms with Gasteiger partial charge in [0.2, 0.25) is 5.78 Å². The second-order valence-electron chi connectivity index (χ2n) is 3.40. The van der Waals surface area contributed by atoms with Gasteiger partial charge in [-0.3, -0.25) is 9.20 Å². The molecule has 0 atom stereocenters. The summed E-state index contributed by atoms with van der Waals surface area (Å²) in [6.45, 7) is 3.86. The van der Waals surface area contributed by atoms with Crippen LogP contribution in [-0.4, -0.2) is 14.0 Å². The molecule has 2 aromatic heterocycles. The molecule has 2 heterocycles. The summed E-state index contributed by atoms with van der Waals surface area (Å²) in [7, 11) is 0. The highest BCUT2D eigenvalue weighted by Gasteiger charge is 2.08. The smallest absolute Gasteiger partial charge is 0.259 e. The highest BCUT2D eigenvalue weighted by molar-refractivity contribution is 5.34. The fourth-order valence-electron chi connectivity index (χ4n) is 1.71. The maximum Gasteiger partial charge on any atom is 0.259 e. The number of hydrogen-bond donors (Lipinski definition) is 0. The first-order valence-electron chi connectivity index (χ1n) is 4.81. The van der Waals surface area contributed by atoms with E-state index in [-0.39, 0.29) is 11.3 Å². The van der Waals surface area contributed by atoms with Crippen molar-refractivity contribution >= 4 is 5.78 Å².